The van der Waals surface area contributed by atoms with Gasteiger partial charge in [-0.15, -0.1) is 5.10 Å². The minimum atomic E-state index is 0. The number of nitrogens with zero attached hydrogens (tertiary/aromatic N) is 23. The summed E-state index contributed by atoms with van der Waals surface area (Å²) in [5, 5.41) is 8.04. The Kier molecular flexibility index (Phi) is 23.5. The molecule has 15 aromatic rings. The van der Waals surface area contributed by atoms with Crippen molar-refractivity contribution in [3.63, 3.8) is 0 Å². The molecule has 28 heteroatoms. The van der Waals surface area contributed by atoms with Gasteiger partial charge >= 0.3 is 0 Å². The van der Waals surface area contributed by atoms with Gasteiger partial charge in [0.25, 0.3) is 0 Å². The molecule has 0 saturated heterocycles. The van der Waals surface area contributed by atoms with Crippen LogP contribution in [0.4, 0.5) is 0 Å². The van der Waals surface area contributed by atoms with Gasteiger partial charge in [0.1, 0.15) is 28.4 Å². The first-order valence-electron chi connectivity index (χ1n) is 25.8. The second-order valence-corrected chi connectivity index (χ2v) is 19.6. The average Bonchev–Trinajstić information content (AvgIpc) is 2.12. The zero-order valence-corrected chi connectivity index (χ0v) is 64.3. The van der Waals surface area contributed by atoms with Crippen molar-refractivity contribution in [1.82, 2.24) is 112 Å². The van der Waals surface area contributed by atoms with Crippen molar-refractivity contribution < 1.29 is 164 Å². The zero-order chi connectivity index (χ0) is 56.4. The van der Waals surface area contributed by atoms with Crippen LogP contribution in [0.2, 0.25) is 0 Å². The minimum absolute atomic E-state index is 0. The number of rotatable bonds is 0. The van der Waals surface area contributed by atoms with E-state index in [1.807, 2.05) is 127 Å². The molecule has 0 unspecified atom stereocenters. The Morgan fingerprint density at radius 2 is 0.682 bits per heavy atom. The number of aromatic nitrogens is 23. The fraction of sp³-hybridized carbons (Fsp3) is 0.263. The molecular formula is C57H57N23Y5. The van der Waals surface area contributed by atoms with Crippen LogP contribution in [0, 0.1) is 104 Å². The molecule has 0 amide bonds. The standard InChI is InChI=1S/2C12H12N4.3C11H11N5.5Y/c1-7-9(3)16-11-4-5-13-6-10(11)14-8(2)12(16)15-7;1-7-9(3)16-11(15-7)8(2)14-10-5-4-6-13-12(10)16;1-6-8(3)16-10(15-6)7(2)14-9-4-12-5-13-11(9)16;1-6-8(3)16-10(15-6)7(2)14-9-11(16)13-5-4-12-9;1-6-8(3)16-10(14-6)7(2)13-9-4-5-12-15-11(9)16;;;;;/h2*4-6H,1-3H3;3*4-5H,1-3H3;;;;;. The summed E-state index contributed by atoms with van der Waals surface area (Å²) in [5.74, 6) is 0. The number of hydrogen-bond acceptors (Lipinski definition) is 18. The maximum Gasteiger partial charge on any atom is 0.196 e. The molecule has 85 heavy (non-hydrogen) atoms. The summed E-state index contributed by atoms with van der Waals surface area (Å²) in [4.78, 5) is 70.2. The van der Waals surface area contributed by atoms with Crippen molar-refractivity contribution in [1.29, 1.82) is 0 Å². The Hall–Kier alpha value is -4.54. The Labute approximate surface area is 614 Å². The molecule has 415 valence electrons. The molecule has 0 fully saturated rings. The molecule has 0 aliphatic rings. The van der Waals surface area contributed by atoms with Crippen LogP contribution in [0.1, 0.15) is 85.4 Å². The number of pyridine rings is 2. The molecule has 0 aromatic carbocycles. The van der Waals surface area contributed by atoms with Crippen LogP contribution in [0.5, 0.6) is 0 Å². The predicted octanol–water partition coefficient (Wildman–Crippen LogP) is 9.19. The minimum Gasteiger partial charge on any atom is -0.293 e. The number of imidazole rings is 5. The topological polar surface area (TPSA) is 254 Å². The van der Waals surface area contributed by atoms with E-state index in [1.165, 1.54) is 6.33 Å². The zero-order valence-electron chi connectivity index (χ0n) is 50.1. The average molecular weight is 1510 g/mol. The molecule has 23 nitrogen and oxygen atoms in total. The van der Waals surface area contributed by atoms with Gasteiger partial charge in [0, 0.05) is 217 Å². The Bertz CT molecular complexity index is 4230. The van der Waals surface area contributed by atoms with Crippen LogP contribution >= 0.6 is 0 Å². The number of hydrogen-bond donors (Lipinski definition) is 0. The molecular weight excluding hydrogens is 1450 g/mol. The Morgan fingerprint density at radius 3 is 1.22 bits per heavy atom. The van der Waals surface area contributed by atoms with Crippen LogP contribution in [0.15, 0.2) is 74.0 Å². The third-order valence-corrected chi connectivity index (χ3v) is 14.4. The summed E-state index contributed by atoms with van der Waals surface area (Å²) in [6.07, 6.45) is 13.6. The first-order valence-corrected chi connectivity index (χ1v) is 25.8. The van der Waals surface area contributed by atoms with Crippen LogP contribution < -0.4 is 0 Å². The molecule has 15 heterocycles. The third-order valence-electron chi connectivity index (χ3n) is 14.4. The molecule has 0 aliphatic carbocycles. The van der Waals surface area contributed by atoms with E-state index >= 15 is 0 Å². The molecule has 0 atom stereocenters. The van der Waals surface area contributed by atoms with Gasteiger partial charge in [-0.2, -0.15) is 5.10 Å². The first kappa shape index (κ1) is 69.6. The monoisotopic (exact) mass is 1510 g/mol. The maximum absolute atomic E-state index is 4.54. The van der Waals surface area contributed by atoms with Crippen molar-refractivity contribution in [3.8, 4) is 0 Å². The summed E-state index contributed by atoms with van der Waals surface area (Å²) in [7, 11) is 0. The van der Waals surface area contributed by atoms with Gasteiger partial charge in [0.2, 0.25) is 0 Å². The SMILES string of the molecule is Cc1nc2c(C)nc3cccnc3n2c1C.Cc1nc2c(C)nc3ccnnc3n2c1C.Cc1nc2c(C)nc3cnccc3n2c1C.Cc1nc2c(C)nc3cncnc3n2c1C.Cc1nc2c(C)nc3nccnc3n2c1C.[Y].[Y].[Y].[Y].[Y]. The second-order valence-electron chi connectivity index (χ2n) is 19.6. The number of aryl methyl sites for hydroxylation is 15. The molecule has 0 saturated carbocycles. The third kappa shape index (κ3) is 13.1. The van der Waals surface area contributed by atoms with Crippen molar-refractivity contribution in [2.45, 2.75) is 104 Å². The molecule has 15 rings (SSSR count). The molecule has 15 aromatic heterocycles. The first-order chi connectivity index (χ1) is 38.4. The van der Waals surface area contributed by atoms with Crippen LogP contribution in [-0.2, 0) is 164 Å². The van der Waals surface area contributed by atoms with E-state index in [2.05, 4.69) is 113 Å². The summed E-state index contributed by atoms with van der Waals surface area (Å²) in [6, 6.07) is 7.72. The van der Waals surface area contributed by atoms with Gasteiger partial charge in [-0.1, -0.05) is 0 Å². The van der Waals surface area contributed by atoms with Crippen molar-refractivity contribution >= 4 is 84.1 Å². The fourth-order valence-corrected chi connectivity index (χ4v) is 9.72. The van der Waals surface area contributed by atoms with Gasteiger partial charge in [0.15, 0.2) is 56.5 Å². The second kappa shape index (κ2) is 28.7. The molecule has 5 radical (unpaired) electrons. The van der Waals surface area contributed by atoms with E-state index in [0.29, 0.717) is 5.65 Å². The van der Waals surface area contributed by atoms with E-state index in [9.17, 15) is 0 Å². The van der Waals surface area contributed by atoms with Gasteiger partial charge in [-0.25, -0.2) is 74.8 Å². The largest absolute Gasteiger partial charge is 0.293 e. The van der Waals surface area contributed by atoms with E-state index in [-0.39, 0.29) is 164 Å². The molecule has 0 N–H and O–H groups in total. The summed E-state index contributed by atoms with van der Waals surface area (Å²) >= 11 is 0. The van der Waals surface area contributed by atoms with E-state index in [1.54, 1.807) is 43.4 Å². The Balaban J connectivity index is 0.000000168. The van der Waals surface area contributed by atoms with Crippen molar-refractivity contribution in [2.75, 3.05) is 0 Å². The summed E-state index contributed by atoms with van der Waals surface area (Å²) in [5.41, 5.74) is 28.1. The van der Waals surface area contributed by atoms with E-state index in [4.69, 9.17) is 0 Å². The van der Waals surface area contributed by atoms with Crippen molar-refractivity contribution in [2.24, 2.45) is 0 Å². The molecule has 0 aliphatic heterocycles. The fourth-order valence-electron chi connectivity index (χ4n) is 9.72. The normalized spacial score (nSPS) is 10.8. The summed E-state index contributed by atoms with van der Waals surface area (Å²) in [6.45, 7) is 30.1. The predicted molar refractivity (Wildman–Crippen MR) is 306 cm³/mol. The van der Waals surface area contributed by atoms with Crippen LogP contribution in [0.3, 0.4) is 0 Å². The summed E-state index contributed by atoms with van der Waals surface area (Å²) < 4.78 is 10.3. The van der Waals surface area contributed by atoms with Gasteiger partial charge in [0.05, 0.1) is 81.0 Å². The van der Waals surface area contributed by atoms with Crippen molar-refractivity contribution in [3.05, 3.63) is 159 Å². The van der Waals surface area contributed by atoms with E-state index in [0.717, 1.165) is 164 Å². The van der Waals surface area contributed by atoms with E-state index < -0.39 is 0 Å². The van der Waals surface area contributed by atoms with Crippen LogP contribution in [0.25, 0.3) is 84.1 Å². The number of fused-ring (bicyclic) bond motifs is 15. The quantitative estimate of drug-likeness (QED) is 0.137. The smallest absolute Gasteiger partial charge is 0.196 e. The molecule has 0 spiro atoms. The molecule has 0 bridgehead atoms. The van der Waals surface area contributed by atoms with Gasteiger partial charge in [-0.05, 0) is 128 Å². The Morgan fingerprint density at radius 1 is 0.282 bits per heavy atom. The van der Waals surface area contributed by atoms with Gasteiger partial charge < -0.3 is 0 Å². The maximum atomic E-state index is 4.54. The van der Waals surface area contributed by atoms with Crippen LogP contribution in [-0.4, -0.2) is 112 Å². The van der Waals surface area contributed by atoms with Gasteiger partial charge in [-0.3, -0.25) is 27.0 Å².